The Hall–Kier alpha value is -3.06. The van der Waals surface area contributed by atoms with Crippen LogP contribution in [0, 0.1) is 18.3 Å². The molecule has 4 heterocycles. The number of fused-ring (bicyclic) bond motifs is 1. The highest BCUT2D eigenvalue weighted by Gasteiger charge is 2.59. The fraction of sp³-hybridized carbons (Fsp3) is 0.444. The van der Waals surface area contributed by atoms with Crippen molar-refractivity contribution in [3.8, 4) is 0 Å². The average molecular weight is 492 g/mol. The van der Waals surface area contributed by atoms with Crippen LogP contribution in [-0.4, -0.2) is 70.9 Å². The number of pyridine rings is 1. The van der Waals surface area contributed by atoms with E-state index in [1.54, 1.807) is 0 Å². The summed E-state index contributed by atoms with van der Waals surface area (Å²) in [7, 11) is 0. The lowest BCUT2D eigenvalue weighted by molar-refractivity contribution is -0.134. The van der Waals surface area contributed by atoms with Crippen LogP contribution in [0.3, 0.4) is 0 Å². The number of likely N-dealkylation sites (tertiary alicyclic amines) is 1. The van der Waals surface area contributed by atoms with Crippen LogP contribution in [0.4, 0.5) is 5.82 Å². The van der Waals surface area contributed by atoms with Crippen molar-refractivity contribution in [2.24, 2.45) is 11.3 Å². The van der Waals surface area contributed by atoms with Gasteiger partial charge in [-0.25, -0.2) is 4.98 Å². The zero-order valence-corrected chi connectivity index (χ0v) is 20.7. The molecule has 1 atom stereocenters. The van der Waals surface area contributed by atoms with Gasteiger partial charge in [-0.3, -0.25) is 9.59 Å². The number of anilines is 1. The molecule has 3 aliphatic rings. The van der Waals surface area contributed by atoms with E-state index in [1.807, 2.05) is 59.3 Å². The highest BCUT2D eigenvalue weighted by atomic mass is 35.5. The number of H-pyrrole nitrogens is 1. The third-order valence-corrected chi connectivity index (χ3v) is 8.57. The lowest BCUT2D eigenvalue weighted by Crippen LogP contribution is -2.50. The van der Waals surface area contributed by atoms with Crippen molar-refractivity contribution in [1.29, 1.82) is 0 Å². The van der Waals surface area contributed by atoms with Gasteiger partial charge in [0.25, 0.3) is 5.91 Å². The van der Waals surface area contributed by atoms with Gasteiger partial charge in [0.05, 0.1) is 0 Å². The molecule has 1 N–H and O–H groups in total. The second-order valence-corrected chi connectivity index (χ2v) is 10.7. The molecule has 1 spiro atoms. The van der Waals surface area contributed by atoms with E-state index in [0.717, 1.165) is 67.7 Å². The molecule has 1 aliphatic carbocycles. The number of aromatic nitrogens is 2. The molecule has 7 nitrogen and oxygen atoms in total. The molecule has 2 aromatic heterocycles. The highest BCUT2D eigenvalue weighted by molar-refractivity contribution is 6.31. The molecule has 8 heteroatoms. The highest BCUT2D eigenvalue weighted by Crippen LogP contribution is 2.60. The van der Waals surface area contributed by atoms with E-state index in [4.69, 9.17) is 11.6 Å². The van der Waals surface area contributed by atoms with Gasteiger partial charge in [0, 0.05) is 67.3 Å². The summed E-state index contributed by atoms with van der Waals surface area (Å²) in [5.41, 5.74) is 2.60. The lowest BCUT2D eigenvalue weighted by Gasteiger charge is -2.37. The quantitative estimate of drug-likeness (QED) is 0.598. The van der Waals surface area contributed by atoms with E-state index in [1.165, 1.54) is 0 Å². The number of nitrogens with one attached hydrogen (secondary N) is 1. The van der Waals surface area contributed by atoms with E-state index in [-0.39, 0.29) is 17.2 Å². The summed E-state index contributed by atoms with van der Waals surface area (Å²) < 4.78 is 0. The first-order valence-electron chi connectivity index (χ1n) is 12.5. The molecule has 3 aromatic rings. The van der Waals surface area contributed by atoms with Crippen molar-refractivity contribution in [3.63, 3.8) is 0 Å². The molecule has 2 aliphatic heterocycles. The van der Waals surface area contributed by atoms with Crippen LogP contribution in [0.2, 0.25) is 5.02 Å². The number of nitrogens with zero attached hydrogens (tertiary/aromatic N) is 4. The predicted molar refractivity (Wildman–Crippen MR) is 137 cm³/mol. The van der Waals surface area contributed by atoms with Gasteiger partial charge in [-0.05, 0) is 67.5 Å². The van der Waals surface area contributed by atoms with Crippen LogP contribution < -0.4 is 4.90 Å². The van der Waals surface area contributed by atoms with Crippen LogP contribution in [0.15, 0.2) is 42.6 Å². The lowest BCUT2D eigenvalue weighted by atomic mass is 9.90. The fourth-order valence-corrected chi connectivity index (χ4v) is 6.16. The standard InChI is InChI=1S/C27H30ClN5O2/c1-18-20-16-19(28)5-6-22(20)30-24(18)26(35)32-10-7-27(8-11-32)17-21(27)25(34)33-14-12-31(13-15-33)23-4-2-3-9-29-23/h2-6,9,16,21,30H,7-8,10-15,17H2,1H3. The second-order valence-electron chi connectivity index (χ2n) is 10.2. The third-order valence-electron chi connectivity index (χ3n) is 8.33. The molecule has 0 bridgehead atoms. The largest absolute Gasteiger partial charge is 0.353 e. The molecule has 6 rings (SSSR count). The molecule has 182 valence electrons. The van der Waals surface area contributed by atoms with Crippen LogP contribution in [0.1, 0.15) is 35.3 Å². The summed E-state index contributed by atoms with van der Waals surface area (Å²) in [6, 6.07) is 11.6. The van der Waals surface area contributed by atoms with Crippen molar-refractivity contribution in [1.82, 2.24) is 19.8 Å². The van der Waals surface area contributed by atoms with E-state index < -0.39 is 0 Å². The molecule has 2 saturated heterocycles. The predicted octanol–water partition coefficient (Wildman–Crippen LogP) is 4.12. The Balaban J connectivity index is 1.05. The Bertz CT molecular complexity index is 1270. The van der Waals surface area contributed by atoms with E-state index in [2.05, 4.69) is 14.9 Å². The summed E-state index contributed by atoms with van der Waals surface area (Å²) in [4.78, 5) is 40.5. The third kappa shape index (κ3) is 3.96. The topological polar surface area (TPSA) is 72.5 Å². The number of piperazine rings is 1. The first kappa shape index (κ1) is 22.4. The molecule has 1 aromatic carbocycles. The number of aromatic amines is 1. The summed E-state index contributed by atoms with van der Waals surface area (Å²) in [5.74, 6) is 1.43. The summed E-state index contributed by atoms with van der Waals surface area (Å²) in [5, 5.41) is 1.66. The van der Waals surface area contributed by atoms with E-state index in [0.29, 0.717) is 29.7 Å². The normalized spacial score (nSPS) is 21.5. The Kier molecular flexibility index (Phi) is 5.48. The molecule has 1 unspecified atom stereocenters. The van der Waals surface area contributed by atoms with E-state index in [9.17, 15) is 9.59 Å². The fourth-order valence-electron chi connectivity index (χ4n) is 5.99. The number of amides is 2. The molecular formula is C27H30ClN5O2. The molecule has 0 radical (unpaired) electrons. The zero-order chi connectivity index (χ0) is 24.2. The number of rotatable bonds is 3. The number of halogens is 1. The second kappa shape index (κ2) is 8.55. The number of piperidine rings is 1. The first-order chi connectivity index (χ1) is 16.9. The van der Waals surface area contributed by atoms with Crippen molar-refractivity contribution in [2.75, 3.05) is 44.2 Å². The van der Waals surface area contributed by atoms with Gasteiger partial charge in [-0.1, -0.05) is 17.7 Å². The van der Waals surface area contributed by atoms with Gasteiger partial charge in [0.2, 0.25) is 5.91 Å². The molecule has 1 saturated carbocycles. The number of carbonyl (C=O) groups is 2. The minimum absolute atomic E-state index is 0.0406. The summed E-state index contributed by atoms with van der Waals surface area (Å²) in [6.07, 6.45) is 4.56. The van der Waals surface area contributed by atoms with Crippen LogP contribution in [-0.2, 0) is 4.79 Å². The molecular weight excluding hydrogens is 462 g/mol. The van der Waals surface area contributed by atoms with Gasteiger partial charge < -0.3 is 19.7 Å². The van der Waals surface area contributed by atoms with Crippen LogP contribution in [0.25, 0.3) is 10.9 Å². The molecule has 3 fully saturated rings. The monoisotopic (exact) mass is 491 g/mol. The maximum atomic E-state index is 13.3. The van der Waals surface area contributed by atoms with E-state index >= 15 is 0 Å². The summed E-state index contributed by atoms with van der Waals surface area (Å²) >= 11 is 6.15. The van der Waals surface area contributed by atoms with Gasteiger partial charge in [0.15, 0.2) is 0 Å². The van der Waals surface area contributed by atoms with Gasteiger partial charge in [-0.15, -0.1) is 0 Å². The van der Waals surface area contributed by atoms with Crippen molar-refractivity contribution < 1.29 is 9.59 Å². The Labute approximate surface area is 210 Å². The number of carbonyl (C=O) groups excluding carboxylic acids is 2. The van der Waals surface area contributed by atoms with Gasteiger partial charge >= 0.3 is 0 Å². The smallest absolute Gasteiger partial charge is 0.270 e. The average Bonchev–Trinajstić information content (AvgIpc) is 3.50. The SMILES string of the molecule is Cc1c(C(=O)N2CCC3(CC2)CC3C(=O)N2CCN(c3ccccn3)CC2)[nH]c2ccc(Cl)cc12. The van der Waals surface area contributed by atoms with Crippen LogP contribution in [0.5, 0.6) is 0 Å². The maximum absolute atomic E-state index is 13.3. The number of benzene rings is 1. The Morgan fingerprint density at radius 3 is 2.51 bits per heavy atom. The minimum Gasteiger partial charge on any atom is -0.353 e. The van der Waals surface area contributed by atoms with Gasteiger partial charge in [0.1, 0.15) is 11.5 Å². The van der Waals surface area contributed by atoms with Crippen molar-refractivity contribution >= 4 is 40.1 Å². The number of aryl methyl sites for hydroxylation is 1. The van der Waals surface area contributed by atoms with Crippen molar-refractivity contribution in [3.05, 3.63) is 58.9 Å². The van der Waals surface area contributed by atoms with Gasteiger partial charge in [-0.2, -0.15) is 0 Å². The summed E-state index contributed by atoms with van der Waals surface area (Å²) in [6.45, 7) is 6.50. The Morgan fingerprint density at radius 2 is 1.80 bits per heavy atom. The zero-order valence-electron chi connectivity index (χ0n) is 20.0. The first-order valence-corrected chi connectivity index (χ1v) is 12.8. The van der Waals surface area contributed by atoms with Crippen molar-refractivity contribution in [2.45, 2.75) is 26.2 Å². The Morgan fingerprint density at radius 1 is 1.03 bits per heavy atom. The molecule has 35 heavy (non-hydrogen) atoms. The number of hydrogen-bond acceptors (Lipinski definition) is 4. The maximum Gasteiger partial charge on any atom is 0.270 e. The number of hydrogen-bond donors (Lipinski definition) is 1. The minimum atomic E-state index is 0.0406. The molecule has 2 amide bonds. The van der Waals surface area contributed by atoms with Crippen LogP contribution >= 0.6 is 11.6 Å².